The lowest BCUT2D eigenvalue weighted by atomic mass is 10.1. The maximum Gasteiger partial charge on any atom is 0.267 e. The Labute approximate surface area is 136 Å². The summed E-state index contributed by atoms with van der Waals surface area (Å²) in [5.41, 5.74) is 5.34. The molecule has 2 aromatic carbocycles. The predicted molar refractivity (Wildman–Crippen MR) is 93.6 cm³/mol. The summed E-state index contributed by atoms with van der Waals surface area (Å²) in [7, 11) is 0. The smallest absolute Gasteiger partial charge is 0.267 e. The molecular weight excluding hydrogens is 284 g/mol. The van der Waals surface area contributed by atoms with E-state index in [-0.39, 0.29) is 5.56 Å². The molecular formula is C20H20N2O. The zero-order valence-corrected chi connectivity index (χ0v) is 13.5. The number of aryl methyl sites for hydroxylation is 2. The first kappa shape index (κ1) is 15.2. The van der Waals surface area contributed by atoms with E-state index < -0.39 is 0 Å². The monoisotopic (exact) mass is 304 g/mol. The van der Waals surface area contributed by atoms with E-state index in [1.807, 2.05) is 31.2 Å². The molecule has 0 aliphatic heterocycles. The van der Waals surface area contributed by atoms with Crippen molar-refractivity contribution >= 4 is 0 Å². The van der Waals surface area contributed by atoms with E-state index in [0.29, 0.717) is 6.54 Å². The van der Waals surface area contributed by atoms with Gasteiger partial charge in [0.25, 0.3) is 5.56 Å². The summed E-state index contributed by atoms with van der Waals surface area (Å²) >= 11 is 0. The third-order valence-electron chi connectivity index (χ3n) is 4.11. The van der Waals surface area contributed by atoms with Crippen molar-refractivity contribution in [2.75, 3.05) is 0 Å². The molecule has 23 heavy (non-hydrogen) atoms. The van der Waals surface area contributed by atoms with Crippen LogP contribution in [0.1, 0.15) is 23.6 Å². The van der Waals surface area contributed by atoms with Gasteiger partial charge >= 0.3 is 0 Å². The summed E-state index contributed by atoms with van der Waals surface area (Å²) in [6, 6.07) is 19.8. The molecule has 0 saturated carbocycles. The van der Waals surface area contributed by atoms with E-state index in [4.69, 9.17) is 0 Å². The number of nitrogens with zero attached hydrogens (tertiary/aromatic N) is 2. The molecule has 3 heteroatoms. The Bertz CT molecular complexity index is 863. The summed E-state index contributed by atoms with van der Waals surface area (Å²) in [4.78, 5) is 12.1. The van der Waals surface area contributed by atoms with Gasteiger partial charge in [-0.05, 0) is 36.1 Å². The molecule has 1 aromatic heterocycles. The molecule has 0 bridgehead atoms. The van der Waals surface area contributed by atoms with Crippen LogP contribution in [0.2, 0.25) is 0 Å². The second kappa shape index (κ2) is 6.61. The van der Waals surface area contributed by atoms with Crippen molar-refractivity contribution in [2.24, 2.45) is 0 Å². The van der Waals surface area contributed by atoms with Gasteiger partial charge in [0, 0.05) is 11.6 Å². The van der Waals surface area contributed by atoms with E-state index in [9.17, 15) is 4.79 Å². The Balaban J connectivity index is 1.95. The second-order valence-corrected chi connectivity index (χ2v) is 5.69. The Hall–Kier alpha value is -2.68. The number of aromatic nitrogens is 2. The van der Waals surface area contributed by atoms with Gasteiger partial charge in [0.15, 0.2) is 0 Å². The minimum Gasteiger partial charge on any atom is -0.268 e. The van der Waals surface area contributed by atoms with Crippen LogP contribution >= 0.6 is 0 Å². The summed E-state index contributed by atoms with van der Waals surface area (Å²) in [6.07, 6.45) is 1.01. The number of hydrogen-bond donors (Lipinski definition) is 0. The number of hydrogen-bond acceptors (Lipinski definition) is 2. The van der Waals surface area contributed by atoms with E-state index in [0.717, 1.165) is 23.2 Å². The summed E-state index contributed by atoms with van der Waals surface area (Å²) in [5.74, 6) is 0. The lowest BCUT2D eigenvalue weighted by Gasteiger charge is -2.09. The maximum absolute atomic E-state index is 12.1. The van der Waals surface area contributed by atoms with E-state index in [2.05, 4.69) is 36.3 Å². The van der Waals surface area contributed by atoms with Crippen LogP contribution in [0.5, 0.6) is 0 Å². The van der Waals surface area contributed by atoms with Crippen molar-refractivity contribution in [1.29, 1.82) is 0 Å². The Morgan fingerprint density at radius 2 is 1.70 bits per heavy atom. The standard InChI is InChI=1S/C20H20N2O/c1-3-16-8-10-17(11-9-16)19-12-13-20(23)22(21-19)14-18-7-5-4-6-15(18)2/h4-13H,3,14H2,1-2H3. The van der Waals surface area contributed by atoms with Crippen molar-refractivity contribution in [3.8, 4) is 11.3 Å². The van der Waals surface area contributed by atoms with Crippen molar-refractivity contribution in [3.63, 3.8) is 0 Å². The van der Waals surface area contributed by atoms with Crippen molar-refractivity contribution in [2.45, 2.75) is 26.8 Å². The Morgan fingerprint density at radius 1 is 0.957 bits per heavy atom. The summed E-state index contributed by atoms with van der Waals surface area (Å²) in [6.45, 7) is 4.68. The summed E-state index contributed by atoms with van der Waals surface area (Å²) in [5, 5.41) is 4.54. The molecule has 0 spiro atoms. The fraction of sp³-hybridized carbons (Fsp3) is 0.200. The van der Waals surface area contributed by atoms with Gasteiger partial charge in [-0.2, -0.15) is 5.10 Å². The predicted octanol–water partition coefficient (Wildman–Crippen LogP) is 3.83. The van der Waals surface area contributed by atoms with Crippen LogP contribution in [0.3, 0.4) is 0 Å². The van der Waals surface area contributed by atoms with Crippen molar-refractivity contribution in [1.82, 2.24) is 9.78 Å². The molecule has 0 unspecified atom stereocenters. The quantitative estimate of drug-likeness (QED) is 0.734. The molecule has 1 heterocycles. The van der Waals surface area contributed by atoms with Crippen LogP contribution in [-0.2, 0) is 13.0 Å². The SMILES string of the molecule is CCc1ccc(-c2ccc(=O)n(Cc3ccccc3C)n2)cc1. The molecule has 116 valence electrons. The number of benzene rings is 2. The van der Waals surface area contributed by atoms with Crippen molar-refractivity contribution in [3.05, 3.63) is 87.7 Å². The molecule has 3 aromatic rings. The highest BCUT2D eigenvalue weighted by Crippen LogP contribution is 2.17. The molecule has 0 aliphatic rings. The lowest BCUT2D eigenvalue weighted by molar-refractivity contribution is 0.640. The second-order valence-electron chi connectivity index (χ2n) is 5.69. The fourth-order valence-corrected chi connectivity index (χ4v) is 2.58. The van der Waals surface area contributed by atoms with Gasteiger partial charge in [0.05, 0.1) is 12.2 Å². The van der Waals surface area contributed by atoms with Gasteiger partial charge in [-0.15, -0.1) is 0 Å². The summed E-state index contributed by atoms with van der Waals surface area (Å²) < 4.78 is 1.53. The highest BCUT2D eigenvalue weighted by atomic mass is 16.1. The highest BCUT2D eigenvalue weighted by molar-refractivity contribution is 5.58. The van der Waals surface area contributed by atoms with E-state index in [1.165, 1.54) is 15.8 Å². The fourth-order valence-electron chi connectivity index (χ4n) is 2.58. The molecule has 0 aliphatic carbocycles. The zero-order valence-electron chi connectivity index (χ0n) is 13.5. The molecule has 0 fully saturated rings. The molecule has 3 rings (SSSR count). The molecule has 0 amide bonds. The normalized spacial score (nSPS) is 10.7. The average Bonchev–Trinajstić information content (AvgIpc) is 2.59. The van der Waals surface area contributed by atoms with Gasteiger partial charge in [-0.3, -0.25) is 4.79 Å². The molecule has 0 radical (unpaired) electrons. The van der Waals surface area contributed by atoms with Crippen LogP contribution in [0.15, 0.2) is 65.5 Å². The molecule has 0 N–H and O–H groups in total. The van der Waals surface area contributed by atoms with E-state index in [1.54, 1.807) is 12.1 Å². The van der Waals surface area contributed by atoms with Crippen molar-refractivity contribution < 1.29 is 0 Å². The minimum atomic E-state index is -0.0813. The van der Waals surface area contributed by atoms with Crippen LogP contribution in [-0.4, -0.2) is 9.78 Å². The van der Waals surface area contributed by atoms with Crippen LogP contribution in [0, 0.1) is 6.92 Å². The third kappa shape index (κ3) is 3.39. The first-order valence-electron chi connectivity index (χ1n) is 7.89. The Morgan fingerprint density at radius 3 is 2.39 bits per heavy atom. The highest BCUT2D eigenvalue weighted by Gasteiger charge is 2.05. The Kier molecular flexibility index (Phi) is 4.38. The van der Waals surface area contributed by atoms with Gasteiger partial charge in [-0.1, -0.05) is 55.5 Å². The van der Waals surface area contributed by atoms with Crippen LogP contribution in [0.4, 0.5) is 0 Å². The first-order valence-corrected chi connectivity index (χ1v) is 7.89. The topological polar surface area (TPSA) is 34.9 Å². The van der Waals surface area contributed by atoms with Gasteiger partial charge in [0.1, 0.15) is 0 Å². The lowest BCUT2D eigenvalue weighted by Crippen LogP contribution is -2.23. The van der Waals surface area contributed by atoms with Gasteiger partial charge in [0.2, 0.25) is 0 Å². The molecule has 3 nitrogen and oxygen atoms in total. The van der Waals surface area contributed by atoms with Crippen LogP contribution < -0.4 is 5.56 Å². The largest absolute Gasteiger partial charge is 0.268 e. The maximum atomic E-state index is 12.1. The van der Waals surface area contributed by atoms with Crippen LogP contribution in [0.25, 0.3) is 11.3 Å². The zero-order chi connectivity index (χ0) is 16.2. The number of rotatable bonds is 4. The molecule has 0 saturated heterocycles. The molecule has 0 atom stereocenters. The average molecular weight is 304 g/mol. The first-order chi connectivity index (χ1) is 11.2. The van der Waals surface area contributed by atoms with Gasteiger partial charge in [-0.25, -0.2) is 4.68 Å². The minimum absolute atomic E-state index is 0.0813. The van der Waals surface area contributed by atoms with E-state index >= 15 is 0 Å². The third-order valence-corrected chi connectivity index (χ3v) is 4.11. The van der Waals surface area contributed by atoms with Gasteiger partial charge < -0.3 is 0 Å².